The molecule has 0 aromatic rings. The van der Waals surface area contributed by atoms with Gasteiger partial charge in [0.05, 0.1) is 0 Å². The maximum absolute atomic E-state index is 7.17. The molecule has 0 aromatic heterocycles. The van der Waals surface area contributed by atoms with Gasteiger partial charge in [-0.05, 0) is 0 Å². The normalized spacial score (nSPS) is 3.00. The molecule has 0 saturated carbocycles. The molecule has 58 valence electrons. The van der Waals surface area contributed by atoms with Crippen LogP contribution in [0.25, 0.3) is 0 Å². The van der Waals surface area contributed by atoms with Gasteiger partial charge in [-0.25, -0.2) is 0 Å². The molecule has 0 aromatic carbocycles. The van der Waals surface area contributed by atoms with Crippen molar-refractivity contribution in [3.8, 4) is 0 Å². The Hall–Kier alpha value is 0.262. The molecule has 0 saturated heterocycles. The summed E-state index contributed by atoms with van der Waals surface area (Å²) in [5.74, 6) is 0. The van der Waals surface area contributed by atoms with Crippen molar-refractivity contribution in [3.05, 3.63) is 0 Å². The molecule has 0 bridgehead atoms. The second-order valence-corrected chi connectivity index (χ2v) is 0.346. The van der Waals surface area contributed by atoms with Crippen molar-refractivity contribution in [2.45, 2.75) is 0 Å². The van der Waals surface area contributed by atoms with Crippen molar-refractivity contribution in [2.24, 2.45) is 0 Å². The fraction of sp³-hybridized carbons (Fsp3) is 0. The summed E-state index contributed by atoms with van der Waals surface area (Å²) in [6.45, 7) is 0. The molecule has 3 N–H and O–H groups in total. The van der Waals surface area contributed by atoms with E-state index in [0.29, 0.717) is 0 Å². The standard InChI is InChI=1S/BH3O3.4FH.Li.H/c2-1(3)4;;;;;;/h2-4H;4*1H;;. The van der Waals surface area contributed by atoms with Gasteiger partial charge in [-0.15, -0.1) is 0 Å². The quantitative estimate of drug-likeness (QED) is 0.274. The van der Waals surface area contributed by atoms with Crippen LogP contribution in [0.15, 0.2) is 0 Å². The van der Waals surface area contributed by atoms with Crippen LogP contribution in [0.4, 0.5) is 18.8 Å². The molecule has 0 aliphatic carbocycles. The SMILES string of the molecule is F.F.F.F.OB(O)O.[LiH]. The van der Waals surface area contributed by atoms with E-state index in [1.165, 1.54) is 0 Å². The Morgan fingerprint density at radius 2 is 0.667 bits per heavy atom. The molecular formula is H8BF4LiO3. The van der Waals surface area contributed by atoms with Crippen LogP contribution < -0.4 is 0 Å². The van der Waals surface area contributed by atoms with E-state index < -0.39 is 7.32 Å². The molecule has 0 aliphatic heterocycles. The van der Waals surface area contributed by atoms with Crippen molar-refractivity contribution in [1.29, 1.82) is 0 Å². The van der Waals surface area contributed by atoms with Crippen LogP contribution >= 0.6 is 0 Å². The molecule has 0 unspecified atom stereocenters. The van der Waals surface area contributed by atoms with Crippen molar-refractivity contribution in [1.82, 2.24) is 0 Å². The molecule has 9 heteroatoms. The van der Waals surface area contributed by atoms with E-state index in [1.54, 1.807) is 0 Å². The second kappa shape index (κ2) is 40.9. The van der Waals surface area contributed by atoms with Gasteiger partial charge in [-0.2, -0.15) is 0 Å². The van der Waals surface area contributed by atoms with Crippen molar-refractivity contribution in [2.75, 3.05) is 0 Å². The van der Waals surface area contributed by atoms with Crippen molar-refractivity contribution >= 4 is 26.2 Å². The summed E-state index contributed by atoms with van der Waals surface area (Å²) in [5, 5.41) is 21.5. The predicted molar refractivity (Wildman–Crippen MR) is 29.6 cm³/mol. The molecule has 0 aliphatic rings. The van der Waals surface area contributed by atoms with Gasteiger partial charge in [0, 0.05) is 0 Å². The average Bonchev–Trinajstić information content (AvgIpc) is 0.811. The molecule has 0 fully saturated rings. The van der Waals surface area contributed by atoms with E-state index in [-0.39, 0.29) is 37.7 Å². The van der Waals surface area contributed by atoms with E-state index in [9.17, 15) is 0 Å². The summed E-state index contributed by atoms with van der Waals surface area (Å²) in [4.78, 5) is 0. The minimum absolute atomic E-state index is 0. The second-order valence-electron chi connectivity index (χ2n) is 0.346. The molecule has 0 heterocycles. The summed E-state index contributed by atoms with van der Waals surface area (Å²) < 4.78 is 0. The Kier molecular flexibility index (Phi) is 270. The Bertz CT molecular complexity index is 20.5. The molecule has 3 nitrogen and oxygen atoms in total. The topological polar surface area (TPSA) is 60.7 Å². The van der Waals surface area contributed by atoms with Gasteiger partial charge < -0.3 is 15.1 Å². The molecule has 0 radical (unpaired) electrons. The number of hydrogen-bond donors (Lipinski definition) is 3. The van der Waals surface area contributed by atoms with E-state index >= 15 is 0 Å². The molecule has 0 spiro atoms. The van der Waals surface area contributed by atoms with Gasteiger partial charge in [0.15, 0.2) is 0 Å². The Morgan fingerprint density at radius 3 is 0.667 bits per heavy atom. The van der Waals surface area contributed by atoms with E-state index in [1.807, 2.05) is 0 Å². The number of rotatable bonds is 0. The number of hydrogen-bond acceptors (Lipinski definition) is 3. The van der Waals surface area contributed by atoms with Gasteiger partial charge in [-0.1, -0.05) is 0 Å². The van der Waals surface area contributed by atoms with Gasteiger partial charge in [-0.3, -0.25) is 18.8 Å². The third kappa shape index (κ3) is 4710. The van der Waals surface area contributed by atoms with Crippen LogP contribution in [0.5, 0.6) is 0 Å². The van der Waals surface area contributed by atoms with Crippen molar-refractivity contribution < 1.29 is 33.9 Å². The predicted octanol–water partition coefficient (Wildman–Crippen LogP) is -2.09. The first-order valence-corrected chi connectivity index (χ1v) is 0.775. The van der Waals surface area contributed by atoms with Crippen molar-refractivity contribution in [3.63, 3.8) is 0 Å². The zero-order valence-electron chi connectivity index (χ0n) is 3.55. The van der Waals surface area contributed by atoms with Gasteiger partial charge >= 0.3 is 26.2 Å². The van der Waals surface area contributed by atoms with Crippen LogP contribution in [0.2, 0.25) is 0 Å². The summed E-state index contributed by atoms with van der Waals surface area (Å²) in [7, 11) is -2.17. The van der Waals surface area contributed by atoms with Gasteiger partial charge in [0.1, 0.15) is 0 Å². The Labute approximate surface area is 60.9 Å². The van der Waals surface area contributed by atoms with Crippen LogP contribution in [0.3, 0.4) is 0 Å². The summed E-state index contributed by atoms with van der Waals surface area (Å²) in [6.07, 6.45) is 0. The molecule has 9 heavy (non-hydrogen) atoms. The van der Waals surface area contributed by atoms with Crippen LogP contribution in [0, 0.1) is 0 Å². The van der Waals surface area contributed by atoms with Crippen LogP contribution in [0.1, 0.15) is 0 Å². The fourth-order valence-corrected chi connectivity index (χ4v) is 0. The number of halogens is 4. The van der Waals surface area contributed by atoms with Gasteiger partial charge in [0.2, 0.25) is 0 Å². The maximum atomic E-state index is 7.17. The third-order valence-corrected chi connectivity index (χ3v) is 0. The third-order valence-electron chi connectivity index (χ3n) is 0. The van der Waals surface area contributed by atoms with Crippen LogP contribution in [-0.4, -0.2) is 41.3 Å². The summed E-state index contributed by atoms with van der Waals surface area (Å²) in [6, 6.07) is 0. The average molecular weight is 150 g/mol. The summed E-state index contributed by atoms with van der Waals surface area (Å²) in [5.41, 5.74) is 0. The van der Waals surface area contributed by atoms with E-state index in [4.69, 9.17) is 15.1 Å². The zero-order valence-corrected chi connectivity index (χ0v) is 3.55. The molecule has 0 rings (SSSR count). The Morgan fingerprint density at radius 1 is 0.667 bits per heavy atom. The van der Waals surface area contributed by atoms with Crippen LogP contribution in [-0.2, 0) is 0 Å². The van der Waals surface area contributed by atoms with E-state index in [0.717, 1.165) is 0 Å². The molecular weight excluding hydrogens is 142 g/mol. The monoisotopic (exact) mass is 150 g/mol. The van der Waals surface area contributed by atoms with Gasteiger partial charge in [0.25, 0.3) is 0 Å². The fourth-order valence-electron chi connectivity index (χ4n) is 0. The minimum atomic E-state index is -2.17. The first kappa shape index (κ1) is 59.4. The Balaban J connectivity index is -0.00000000450. The molecule has 0 amide bonds. The van der Waals surface area contributed by atoms with E-state index in [2.05, 4.69) is 0 Å². The summed E-state index contributed by atoms with van der Waals surface area (Å²) >= 11 is 0. The first-order chi connectivity index (χ1) is 1.73. The molecule has 0 atom stereocenters. The first-order valence-electron chi connectivity index (χ1n) is 0.775. The zero-order chi connectivity index (χ0) is 3.58.